The average molecular weight is 254 g/mol. The summed E-state index contributed by atoms with van der Waals surface area (Å²) in [6.07, 6.45) is 4.12. The Morgan fingerprint density at radius 2 is 2.11 bits per heavy atom. The van der Waals surface area contributed by atoms with Gasteiger partial charge in [0.1, 0.15) is 0 Å². The van der Waals surface area contributed by atoms with E-state index < -0.39 is 0 Å². The third kappa shape index (κ3) is 4.07. The summed E-state index contributed by atoms with van der Waals surface area (Å²) in [5.74, 6) is 0. The fraction of sp³-hybridized carbons (Fsp3) is 0.846. The van der Waals surface area contributed by atoms with Gasteiger partial charge in [-0.3, -0.25) is 0 Å². The predicted molar refractivity (Wildman–Crippen MR) is 72.4 cm³/mol. The Balaban J connectivity index is 2.82. The highest BCUT2D eigenvalue weighted by molar-refractivity contribution is 5.04. The van der Waals surface area contributed by atoms with Gasteiger partial charge < -0.3 is 10.1 Å². The molecule has 5 nitrogen and oxygen atoms in total. The third-order valence-electron chi connectivity index (χ3n) is 2.91. The Morgan fingerprint density at radius 1 is 1.33 bits per heavy atom. The van der Waals surface area contributed by atoms with Crippen molar-refractivity contribution in [3.05, 3.63) is 11.9 Å². The highest BCUT2D eigenvalue weighted by atomic mass is 16.5. The molecule has 0 fully saturated rings. The monoisotopic (exact) mass is 254 g/mol. The first-order valence-electron chi connectivity index (χ1n) is 6.97. The fourth-order valence-corrected chi connectivity index (χ4v) is 2.06. The summed E-state index contributed by atoms with van der Waals surface area (Å²) in [6, 6.07) is 0.159. The molecule has 0 aliphatic rings. The van der Waals surface area contributed by atoms with Crippen LogP contribution in [0, 0.1) is 0 Å². The van der Waals surface area contributed by atoms with Gasteiger partial charge in [-0.15, -0.1) is 5.10 Å². The predicted octanol–water partition coefficient (Wildman–Crippen LogP) is 2.15. The molecule has 2 atom stereocenters. The van der Waals surface area contributed by atoms with Gasteiger partial charge in [0, 0.05) is 13.2 Å². The summed E-state index contributed by atoms with van der Waals surface area (Å²) in [6.45, 7) is 11.0. The van der Waals surface area contributed by atoms with E-state index in [1.807, 2.05) is 17.8 Å². The van der Waals surface area contributed by atoms with Gasteiger partial charge >= 0.3 is 0 Å². The molecular weight excluding hydrogens is 228 g/mol. The first-order valence-corrected chi connectivity index (χ1v) is 6.97. The Bertz CT molecular complexity index is 327. The zero-order valence-corrected chi connectivity index (χ0v) is 12.0. The number of hydrogen-bond donors (Lipinski definition) is 1. The molecule has 0 amide bonds. The first-order chi connectivity index (χ1) is 8.74. The lowest BCUT2D eigenvalue weighted by Crippen LogP contribution is -2.34. The maximum absolute atomic E-state index is 5.73. The van der Waals surface area contributed by atoms with Gasteiger partial charge in [0.25, 0.3) is 0 Å². The van der Waals surface area contributed by atoms with Gasteiger partial charge in [-0.25, -0.2) is 4.68 Å². The molecule has 1 aromatic heterocycles. The van der Waals surface area contributed by atoms with Crippen molar-refractivity contribution in [1.82, 2.24) is 20.3 Å². The Labute approximate surface area is 110 Å². The van der Waals surface area contributed by atoms with Gasteiger partial charge in [-0.1, -0.05) is 19.1 Å². The molecule has 0 spiro atoms. The third-order valence-corrected chi connectivity index (χ3v) is 2.91. The minimum Gasteiger partial charge on any atom is -0.377 e. The molecule has 0 bridgehead atoms. The number of hydrogen-bond acceptors (Lipinski definition) is 4. The van der Waals surface area contributed by atoms with Gasteiger partial charge in [0.15, 0.2) is 0 Å². The first kappa shape index (κ1) is 15.1. The van der Waals surface area contributed by atoms with Crippen LogP contribution in [0.1, 0.15) is 52.3 Å². The van der Waals surface area contributed by atoms with Crippen LogP contribution in [0.2, 0.25) is 0 Å². The van der Waals surface area contributed by atoms with Crippen LogP contribution in [0.15, 0.2) is 6.20 Å². The van der Waals surface area contributed by atoms with Crippen LogP contribution in [-0.4, -0.2) is 34.2 Å². The van der Waals surface area contributed by atoms with Gasteiger partial charge in [0.2, 0.25) is 0 Å². The molecule has 18 heavy (non-hydrogen) atoms. The molecule has 1 aromatic rings. The van der Waals surface area contributed by atoms with Crippen LogP contribution in [-0.2, 0) is 11.3 Å². The molecule has 0 aromatic carbocycles. The molecule has 1 N–H and O–H groups in total. The minimum absolute atomic E-state index is 0.121. The van der Waals surface area contributed by atoms with Crippen LogP contribution >= 0.6 is 0 Å². The topological polar surface area (TPSA) is 52.0 Å². The molecule has 0 aliphatic heterocycles. The van der Waals surface area contributed by atoms with Crippen molar-refractivity contribution < 1.29 is 4.74 Å². The number of aromatic nitrogens is 3. The highest BCUT2D eigenvalue weighted by Gasteiger charge is 2.23. The standard InChI is InChI=1S/C13H26N4O/c1-5-8-14-13(11(4)18-7-3)12-10-15-16-17(12)9-6-2/h10-11,13-14H,5-9H2,1-4H3. The van der Waals surface area contributed by atoms with E-state index in [0.29, 0.717) is 0 Å². The number of rotatable bonds is 9. The van der Waals surface area contributed by atoms with E-state index in [4.69, 9.17) is 4.74 Å². The Morgan fingerprint density at radius 3 is 2.72 bits per heavy atom. The maximum atomic E-state index is 5.73. The SMILES string of the molecule is CCCNC(c1cnnn1CCC)C(C)OCC. The molecular formula is C13H26N4O. The van der Waals surface area contributed by atoms with Crippen molar-refractivity contribution in [2.24, 2.45) is 0 Å². The van der Waals surface area contributed by atoms with Crippen LogP contribution in [0.3, 0.4) is 0 Å². The lowest BCUT2D eigenvalue weighted by Gasteiger charge is -2.25. The van der Waals surface area contributed by atoms with E-state index in [0.717, 1.165) is 38.2 Å². The molecule has 2 unspecified atom stereocenters. The number of nitrogens with zero attached hydrogens (tertiary/aromatic N) is 3. The van der Waals surface area contributed by atoms with Gasteiger partial charge in [0.05, 0.1) is 24.0 Å². The quantitative estimate of drug-likeness (QED) is 0.733. The van der Waals surface area contributed by atoms with Gasteiger partial charge in [-0.05, 0) is 33.2 Å². The molecule has 0 saturated heterocycles. The second kappa shape index (κ2) is 8.21. The highest BCUT2D eigenvalue weighted by Crippen LogP contribution is 2.18. The van der Waals surface area contributed by atoms with E-state index in [1.165, 1.54) is 0 Å². The van der Waals surface area contributed by atoms with Crippen molar-refractivity contribution in [1.29, 1.82) is 0 Å². The van der Waals surface area contributed by atoms with Crippen molar-refractivity contribution in [2.75, 3.05) is 13.2 Å². The normalized spacial score (nSPS) is 14.7. The van der Waals surface area contributed by atoms with E-state index in [-0.39, 0.29) is 12.1 Å². The molecule has 104 valence electrons. The zero-order chi connectivity index (χ0) is 13.4. The smallest absolute Gasteiger partial charge is 0.0783 e. The fourth-order valence-electron chi connectivity index (χ4n) is 2.06. The lowest BCUT2D eigenvalue weighted by molar-refractivity contribution is 0.0448. The van der Waals surface area contributed by atoms with Crippen LogP contribution in [0.5, 0.6) is 0 Å². The lowest BCUT2D eigenvalue weighted by atomic mass is 10.1. The second-order valence-corrected chi connectivity index (χ2v) is 4.47. The average Bonchev–Trinajstić information content (AvgIpc) is 2.79. The summed E-state index contributed by atoms with van der Waals surface area (Å²) >= 11 is 0. The number of nitrogens with one attached hydrogen (secondary N) is 1. The molecule has 0 radical (unpaired) electrons. The van der Waals surface area contributed by atoms with Crippen LogP contribution in [0.25, 0.3) is 0 Å². The molecule has 1 rings (SSSR count). The summed E-state index contributed by atoms with van der Waals surface area (Å²) in [5, 5.41) is 11.7. The van der Waals surface area contributed by atoms with E-state index in [1.54, 1.807) is 0 Å². The van der Waals surface area contributed by atoms with Gasteiger partial charge in [-0.2, -0.15) is 0 Å². The molecule has 5 heteroatoms. The Kier molecular flexibility index (Phi) is 6.90. The Hall–Kier alpha value is -0.940. The van der Waals surface area contributed by atoms with Crippen molar-refractivity contribution >= 4 is 0 Å². The van der Waals surface area contributed by atoms with E-state index in [2.05, 4.69) is 36.4 Å². The van der Waals surface area contributed by atoms with E-state index in [9.17, 15) is 0 Å². The second-order valence-electron chi connectivity index (χ2n) is 4.47. The number of ether oxygens (including phenoxy) is 1. The van der Waals surface area contributed by atoms with Crippen molar-refractivity contribution in [3.8, 4) is 0 Å². The summed E-state index contributed by atoms with van der Waals surface area (Å²) in [7, 11) is 0. The molecule has 0 aliphatic carbocycles. The van der Waals surface area contributed by atoms with Crippen LogP contribution < -0.4 is 5.32 Å². The minimum atomic E-state index is 0.121. The summed E-state index contributed by atoms with van der Waals surface area (Å²) in [4.78, 5) is 0. The summed E-state index contributed by atoms with van der Waals surface area (Å²) in [5.41, 5.74) is 1.12. The van der Waals surface area contributed by atoms with E-state index >= 15 is 0 Å². The van der Waals surface area contributed by atoms with Crippen LogP contribution in [0.4, 0.5) is 0 Å². The van der Waals surface area contributed by atoms with Crippen molar-refractivity contribution in [3.63, 3.8) is 0 Å². The summed E-state index contributed by atoms with van der Waals surface area (Å²) < 4.78 is 7.70. The molecule has 1 heterocycles. The molecule has 0 saturated carbocycles. The maximum Gasteiger partial charge on any atom is 0.0783 e. The largest absolute Gasteiger partial charge is 0.377 e. The van der Waals surface area contributed by atoms with Crippen molar-refractivity contribution in [2.45, 2.75) is 59.2 Å². The zero-order valence-electron chi connectivity index (χ0n) is 12.0. The number of aryl methyl sites for hydroxylation is 1.